The molecule has 2 fully saturated rings. The van der Waals surface area contributed by atoms with Gasteiger partial charge in [0.05, 0.1) is 12.7 Å². The Morgan fingerprint density at radius 3 is 2.45 bits per heavy atom. The van der Waals surface area contributed by atoms with Crippen LogP contribution >= 0.6 is 0 Å². The van der Waals surface area contributed by atoms with E-state index >= 15 is 0 Å². The van der Waals surface area contributed by atoms with Crippen LogP contribution in [-0.4, -0.2) is 37.7 Å². The van der Waals surface area contributed by atoms with Gasteiger partial charge in [-0.05, 0) is 49.4 Å². The minimum absolute atomic E-state index is 0.114. The monoisotopic (exact) mass is 402 g/mol. The third-order valence-electron chi connectivity index (χ3n) is 5.79. The summed E-state index contributed by atoms with van der Waals surface area (Å²) in [6.07, 6.45) is 10.4. The number of anilines is 1. The van der Waals surface area contributed by atoms with Gasteiger partial charge in [0, 0.05) is 31.7 Å². The molecule has 1 atom stereocenters. The fourth-order valence-electron chi connectivity index (χ4n) is 4.03. The summed E-state index contributed by atoms with van der Waals surface area (Å²) in [4.78, 5) is 23.9. The molecule has 0 spiro atoms. The Kier molecular flexibility index (Phi) is 8.81. The van der Waals surface area contributed by atoms with Crippen molar-refractivity contribution in [3.63, 3.8) is 0 Å². The van der Waals surface area contributed by atoms with Crippen molar-refractivity contribution < 1.29 is 19.1 Å². The van der Waals surface area contributed by atoms with Crippen molar-refractivity contribution >= 4 is 17.5 Å². The van der Waals surface area contributed by atoms with E-state index in [1.54, 1.807) is 0 Å². The van der Waals surface area contributed by atoms with Crippen LogP contribution in [-0.2, 0) is 14.3 Å². The van der Waals surface area contributed by atoms with Crippen LogP contribution in [0.2, 0.25) is 0 Å². The predicted octanol–water partition coefficient (Wildman–Crippen LogP) is 4.05. The fourth-order valence-corrected chi connectivity index (χ4v) is 4.03. The summed E-state index contributed by atoms with van der Waals surface area (Å²) in [7, 11) is 0. The molecule has 0 aromatic heterocycles. The quantitative estimate of drug-likeness (QED) is 0.619. The number of nitrogens with one attached hydrogen (secondary N) is 2. The van der Waals surface area contributed by atoms with Gasteiger partial charge in [-0.1, -0.05) is 32.1 Å². The smallest absolute Gasteiger partial charge is 0.224 e. The van der Waals surface area contributed by atoms with E-state index in [-0.39, 0.29) is 30.8 Å². The normalized spacial score (nSPS) is 19.7. The van der Waals surface area contributed by atoms with Gasteiger partial charge in [0.25, 0.3) is 0 Å². The lowest BCUT2D eigenvalue weighted by Crippen LogP contribution is -2.32. The van der Waals surface area contributed by atoms with E-state index in [1.807, 2.05) is 24.3 Å². The molecule has 6 heteroatoms. The van der Waals surface area contributed by atoms with Gasteiger partial charge in [-0.3, -0.25) is 9.59 Å². The van der Waals surface area contributed by atoms with E-state index < -0.39 is 0 Å². The molecule has 1 saturated carbocycles. The Hall–Kier alpha value is -2.08. The molecule has 2 aliphatic rings. The standard InChI is InChI=1S/C23H34N2O4/c26-22(24-17-21-7-4-15-28-21)12-13-23(27)25-19-8-10-20(11-9-19)29-16-14-18-5-2-1-3-6-18/h8-11,18,21H,1-7,12-17H2,(H,24,26)(H,25,27). The van der Waals surface area contributed by atoms with Crippen LogP contribution in [0.4, 0.5) is 5.69 Å². The number of hydrogen-bond donors (Lipinski definition) is 2. The highest BCUT2D eigenvalue weighted by Crippen LogP contribution is 2.26. The molecule has 2 N–H and O–H groups in total. The first-order valence-corrected chi connectivity index (χ1v) is 11.1. The molecule has 1 saturated heterocycles. The topological polar surface area (TPSA) is 76.7 Å². The third kappa shape index (κ3) is 8.05. The zero-order chi connectivity index (χ0) is 20.3. The lowest BCUT2D eigenvalue weighted by atomic mass is 9.87. The van der Waals surface area contributed by atoms with Gasteiger partial charge in [0.2, 0.25) is 11.8 Å². The highest BCUT2D eigenvalue weighted by molar-refractivity contribution is 5.93. The van der Waals surface area contributed by atoms with Crippen molar-refractivity contribution in [2.45, 2.75) is 70.3 Å². The van der Waals surface area contributed by atoms with Crippen LogP contribution < -0.4 is 15.4 Å². The molecular weight excluding hydrogens is 368 g/mol. The Labute approximate surface area is 173 Å². The summed E-state index contributed by atoms with van der Waals surface area (Å²) in [5, 5.41) is 5.66. The fraction of sp³-hybridized carbons (Fsp3) is 0.652. The number of carbonyl (C=O) groups is 2. The summed E-state index contributed by atoms with van der Waals surface area (Å²) in [5.74, 6) is 1.36. The highest BCUT2D eigenvalue weighted by Gasteiger charge is 2.16. The second-order valence-electron chi connectivity index (χ2n) is 8.15. The molecule has 2 amide bonds. The van der Waals surface area contributed by atoms with Crippen molar-refractivity contribution in [2.75, 3.05) is 25.1 Å². The minimum Gasteiger partial charge on any atom is -0.494 e. The first-order valence-electron chi connectivity index (χ1n) is 11.1. The zero-order valence-corrected chi connectivity index (χ0v) is 17.3. The molecule has 1 heterocycles. The maximum absolute atomic E-state index is 12.1. The second-order valence-corrected chi connectivity index (χ2v) is 8.15. The first kappa shape index (κ1) is 21.6. The highest BCUT2D eigenvalue weighted by atomic mass is 16.5. The van der Waals surface area contributed by atoms with Crippen molar-refractivity contribution in [1.29, 1.82) is 0 Å². The van der Waals surface area contributed by atoms with Crippen molar-refractivity contribution in [3.05, 3.63) is 24.3 Å². The summed E-state index contributed by atoms with van der Waals surface area (Å²) < 4.78 is 11.3. The second kappa shape index (κ2) is 11.8. The molecule has 0 bridgehead atoms. The van der Waals surface area contributed by atoms with Crippen molar-refractivity contribution in [3.8, 4) is 5.75 Å². The van der Waals surface area contributed by atoms with Gasteiger partial charge in [-0.2, -0.15) is 0 Å². The Bertz CT molecular complexity index is 635. The van der Waals surface area contributed by atoms with E-state index in [4.69, 9.17) is 9.47 Å². The van der Waals surface area contributed by atoms with Crippen LogP contribution in [0.1, 0.15) is 64.2 Å². The molecule has 160 valence electrons. The third-order valence-corrected chi connectivity index (χ3v) is 5.79. The Morgan fingerprint density at radius 2 is 1.72 bits per heavy atom. The summed E-state index contributed by atoms with van der Waals surface area (Å²) in [5.41, 5.74) is 0.717. The van der Waals surface area contributed by atoms with Gasteiger partial charge < -0.3 is 20.1 Å². The number of rotatable bonds is 10. The SMILES string of the molecule is O=C(CCC(=O)Nc1ccc(OCCC2CCCCC2)cc1)NCC1CCCO1. The van der Waals surface area contributed by atoms with Gasteiger partial charge in [0.15, 0.2) is 0 Å². The van der Waals surface area contributed by atoms with Crippen molar-refractivity contribution in [2.24, 2.45) is 5.92 Å². The number of hydrogen-bond acceptors (Lipinski definition) is 4. The molecule has 1 aromatic carbocycles. The Balaban J connectivity index is 1.29. The summed E-state index contributed by atoms with van der Waals surface area (Å²) in [6.45, 7) is 2.05. The predicted molar refractivity (Wildman–Crippen MR) is 113 cm³/mol. The van der Waals surface area contributed by atoms with Gasteiger partial charge in [-0.25, -0.2) is 0 Å². The van der Waals surface area contributed by atoms with E-state index in [9.17, 15) is 9.59 Å². The van der Waals surface area contributed by atoms with E-state index in [0.29, 0.717) is 6.54 Å². The van der Waals surface area contributed by atoms with Crippen LogP contribution in [0.15, 0.2) is 24.3 Å². The van der Waals surface area contributed by atoms with Crippen LogP contribution in [0, 0.1) is 5.92 Å². The van der Waals surface area contributed by atoms with Crippen LogP contribution in [0.5, 0.6) is 5.75 Å². The first-order chi connectivity index (χ1) is 14.2. The molecule has 6 nitrogen and oxygen atoms in total. The summed E-state index contributed by atoms with van der Waals surface area (Å²) >= 11 is 0. The van der Waals surface area contributed by atoms with Crippen LogP contribution in [0.25, 0.3) is 0 Å². The van der Waals surface area contributed by atoms with Crippen molar-refractivity contribution in [1.82, 2.24) is 5.32 Å². The average Bonchev–Trinajstić information content (AvgIpc) is 3.26. The maximum atomic E-state index is 12.1. The molecule has 1 aliphatic heterocycles. The minimum atomic E-state index is -0.164. The van der Waals surface area contributed by atoms with E-state index in [1.165, 1.54) is 32.1 Å². The maximum Gasteiger partial charge on any atom is 0.224 e. The lowest BCUT2D eigenvalue weighted by Gasteiger charge is -2.21. The van der Waals surface area contributed by atoms with Gasteiger partial charge in [0.1, 0.15) is 5.75 Å². The van der Waals surface area contributed by atoms with Gasteiger partial charge in [-0.15, -0.1) is 0 Å². The molecule has 1 aromatic rings. The van der Waals surface area contributed by atoms with E-state index in [0.717, 1.165) is 49.8 Å². The number of benzene rings is 1. The molecule has 1 aliphatic carbocycles. The average molecular weight is 403 g/mol. The molecule has 1 unspecified atom stereocenters. The number of ether oxygens (including phenoxy) is 2. The van der Waals surface area contributed by atoms with Crippen LogP contribution in [0.3, 0.4) is 0 Å². The number of amides is 2. The zero-order valence-electron chi connectivity index (χ0n) is 17.3. The lowest BCUT2D eigenvalue weighted by molar-refractivity contribution is -0.124. The summed E-state index contributed by atoms with van der Waals surface area (Å²) in [6, 6.07) is 7.44. The van der Waals surface area contributed by atoms with E-state index in [2.05, 4.69) is 10.6 Å². The number of carbonyl (C=O) groups excluding carboxylic acids is 2. The largest absolute Gasteiger partial charge is 0.494 e. The molecule has 3 rings (SSSR count). The van der Waals surface area contributed by atoms with Gasteiger partial charge >= 0.3 is 0 Å². The molecule has 29 heavy (non-hydrogen) atoms. The molecular formula is C23H34N2O4. The Morgan fingerprint density at radius 1 is 0.966 bits per heavy atom. The molecule has 0 radical (unpaired) electrons.